The molecule has 1 amide bonds. The number of phenols is 1. The summed E-state index contributed by atoms with van der Waals surface area (Å²) in [5, 5.41) is 46.8. The molecule has 1 aromatic carbocycles. The molecule has 3 atom stereocenters. The molecule has 1 aromatic rings. The van der Waals surface area contributed by atoms with Crippen molar-refractivity contribution in [3.05, 3.63) is 45.2 Å². The Kier molecular flexibility index (Phi) is 5.99. The fourth-order valence-corrected chi connectivity index (χ4v) is 5.57. The van der Waals surface area contributed by atoms with Gasteiger partial charge in [-0.05, 0) is 36.3 Å². The zero-order valence-corrected chi connectivity index (χ0v) is 18.7. The average molecular weight is 474 g/mol. The molecule has 0 unspecified atom stereocenters. The maximum Gasteiger partial charge on any atom is 0.255 e. The molecule has 10 heteroatoms. The van der Waals surface area contributed by atoms with Gasteiger partial charge in [0.1, 0.15) is 29.5 Å². The Balaban J connectivity index is 1.88. The number of aryl methyl sites for hydroxylation is 1. The van der Waals surface area contributed by atoms with Crippen molar-refractivity contribution in [1.29, 1.82) is 0 Å². The van der Waals surface area contributed by atoms with Crippen molar-refractivity contribution in [3.63, 3.8) is 0 Å². The number of benzene rings is 1. The number of nitrogens with one attached hydrogen (secondary N) is 1. The highest BCUT2D eigenvalue weighted by molar-refractivity contribution is 6.22. The monoisotopic (exact) mass is 474 g/mol. The molecule has 3 aliphatic carbocycles. The number of nitrogens with two attached hydrogens (primary N) is 1. The van der Waals surface area contributed by atoms with Gasteiger partial charge in [-0.1, -0.05) is 13.0 Å². The number of carbonyl (C=O) groups excluding carboxylic acids is 3. The first-order chi connectivity index (χ1) is 16.1. The Morgan fingerprint density at radius 3 is 2.56 bits per heavy atom. The van der Waals surface area contributed by atoms with Crippen molar-refractivity contribution in [3.8, 4) is 5.75 Å². The molecule has 7 N–H and O–H groups in total. The van der Waals surface area contributed by atoms with E-state index in [1.807, 2.05) is 6.92 Å². The van der Waals surface area contributed by atoms with Gasteiger partial charge in [0.2, 0.25) is 5.78 Å². The zero-order valence-electron chi connectivity index (χ0n) is 18.7. The molecular weight excluding hydrogens is 447 g/mol. The number of Topliss-reactive ketones (excluding diaryl/α,β-unsaturated/α-hetero) is 2. The second kappa shape index (κ2) is 8.52. The molecule has 0 aromatic heterocycles. The summed E-state index contributed by atoms with van der Waals surface area (Å²) in [6.45, 7) is 1.52. The summed E-state index contributed by atoms with van der Waals surface area (Å²) in [6.07, 6.45) is 0.572. The normalized spacial score (nSPS) is 26.3. The molecular formula is C24H27FN2O7. The molecule has 0 radical (unpaired) electrons. The van der Waals surface area contributed by atoms with Crippen LogP contribution in [0, 0.1) is 11.8 Å². The number of halogens is 1. The van der Waals surface area contributed by atoms with Gasteiger partial charge < -0.3 is 31.5 Å². The molecule has 34 heavy (non-hydrogen) atoms. The lowest BCUT2D eigenvalue weighted by Crippen LogP contribution is -2.58. The van der Waals surface area contributed by atoms with E-state index in [-0.39, 0.29) is 49.2 Å². The number of fused-ring (bicyclic) bond motifs is 3. The molecule has 0 saturated heterocycles. The SMILES string of the molecule is CCc1cc(CNCCF)c(O)c2c1C[C@H]1C[C@H]3CC(=O)C(C(N)=O)=C(O)[C@@]3(O)C(=O)C1=C2O. The predicted molar refractivity (Wildman–Crippen MR) is 118 cm³/mol. The van der Waals surface area contributed by atoms with Crippen LogP contribution in [0.25, 0.3) is 5.76 Å². The highest BCUT2D eigenvalue weighted by Gasteiger charge is 2.60. The van der Waals surface area contributed by atoms with Crippen LogP contribution in [0.15, 0.2) is 23.0 Å². The largest absolute Gasteiger partial charge is 0.508 e. The summed E-state index contributed by atoms with van der Waals surface area (Å²) in [6, 6.07) is 1.77. The third-order valence-corrected chi connectivity index (χ3v) is 7.20. The number of primary amides is 1. The molecule has 9 nitrogen and oxygen atoms in total. The number of phenolic OH excluding ortho intramolecular Hbond substituents is 1. The van der Waals surface area contributed by atoms with Crippen molar-refractivity contribution in [2.75, 3.05) is 13.2 Å². The van der Waals surface area contributed by atoms with Gasteiger partial charge in [0.15, 0.2) is 11.4 Å². The zero-order chi connectivity index (χ0) is 24.9. The van der Waals surface area contributed by atoms with E-state index in [2.05, 4.69) is 5.32 Å². The maximum absolute atomic E-state index is 13.5. The van der Waals surface area contributed by atoms with Gasteiger partial charge in [-0.15, -0.1) is 0 Å². The van der Waals surface area contributed by atoms with E-state index in [0.29, 0.717) is 17.5 Å². The molecule has 182 valence electrons. The molecule has 0 heterocycles. The molecule has 1 fully saturated rings. The fraction of sp³-hybridized carbons (Fsp3) is 0.458. The minimum Gasteiger partial charge on any atom is -0.508 e. The van der Waals surface area contributed by atoms with Crippen LogP contribution in [0.1, 0.15) is 42.0 Å². The topological polar surface area (TPSA) is 170 Å². The van der Waals surface area contributed by atoms with Gasteiger partial charge in [0.05, 0.1) is 5.56 Å². The van der Waals surface area contributed by atoms with Crippen molar-refractivity contribution in [1.82, 2.24) is 5.32 Å². The van der Waals surface area contributed by atoms with E-state index >= 15 is 0 Å². The lowest BCUT2D eigenvalue weighted by atomic mass is 9.59. The van der Waals surface area contributed by atoms with Crippen LogP contribution < -0.4 is 11.1 Å². The van der Waals surface area contributed by atoms with Crippen LogP contribution in [-0.2, 0) is 33.8 Å². The second-order valence-electron chi connectivity index (χ2n) is 9.02. The van der Waals surface area contributed by atoms with Crippen LogP contribution in [0.5, 0.6) is 5.75 Å². The molecule has 0 bridgehead atoms. The van der Waals surface area contributed by atoms with Gasteiger partial charge in [0, 0.05) is 36.6 Å². The van der Waals surface area contributed by atoms with Crippen molar-refractivity contribution >= 4 is 23.2 Å². The van der Waals surface area contributed by atoms with Gasteiger partial charge in [0.25, 0.3) is 5.91 Å². The number of aliphatic hydroxyl groups excluding tert-OH is 2. The standard InChI is InChI=1S/C24H27FN2O7/c1-2-10-5-12(9-27-4-3-25)19(29)17-14(10)7-11-6-13-8-15(28)18(23(26)33)22(32)24(13,34)21(31)16(11)20(17)30/h5,11,13,27,29-30,32,34H,2-4,6-9H2,1H3,(H2,26,33)/t11-,13+,24+/m1/s1. The summed E-state index contributed by atoms with van der Waals surface area (Å²) in [5.41, 5.74) is 3.57. The molecule has 1 saturated carbocycles. The first-order valence-corrected chi connectivity index (χ1v) is 11.2. The van der Waals surface area contributed by atoms with E-state index < -0.39 is 58.7 Å². The summed E-state index contributed by atoms with van der Waals surface area (Å²) >= 11 is 0. The fourth-order valence-electron chi connectivity index (χ4n) is 5.57. The Morgan fingerprint density at radius 2 is 1.94 bits per heavy atom. The summed E-state index contributed by atoms with van der Waals surface area (Å²) < 4.78 is 12.5. The van der Waals surface area contributed by atoms with Crippen LogP contribution >= 0.6 is 0 Å². The number of hydrogen-bond donors (Lipinski definition) is 6. The van der Waals surface area contributed by atoms with E-state index in [0.717, 1.165) is 5.56 Å². The van der Waals surface area contributed by atoms with E-state index in [1.54, 1.807) is 6.07 Å². The van der Waals surface area contributed by atoms with Crippen molar-refractivity contribution in [2.45, 2.75) is 44.8 Å². The number of aromatic hydroxyl groups is 1. The molecule has 0 aliphatic heterocycles. The number of aliphatic hydroxyl groups is 3. The Bertz CT molecular complexity index is 1170. The van der Waals surface area contributed by atoms with Crippen molar-refractivity contribution in [2.24, 2.45) is 17.6 Å². The first-order valence-electron chi connectivity index (χ1n) is 11.2. The first kappa shape index (κ1) is 23.9. The number of rotatable bonds is 6. The van der Waals surface area contributed by atoms with E-state index in [9.17, 15) is 39.2 Å². The second-order valence-corrected chi connectivity index (χ2v) is 9.02. The summed E-state index contributed by atoms with van der Waals surface area (Å²) in [4.78, 5) is 37.6. The third-order valence-electron chi connectivity index (χ3n) is 7.20. The summed E-state index contributed by atoms with van der Waals surface area (Å²) in [5.74, 6) is -6.49. The molecule has 4 rings (SSSR count). The number of alkyl halides is 1. The van der Waals surface area contributed by atoms with E-state index in [4.69, 9.17) is 5.73 Å². The quantitative estimate of drug-likeness (QED) is 0.262. The number of ketones is 2. The minimum atomic E-state index is -2.58. The Morgan fingerprint density at radius 1 is 1.24 bits per heavy atom. The number of carbonyl (C=O) groups is 3. The van der Waals surface area contributed by atoms with E-state index in [1.165, 1.54) is 0 Å². The minimum absolute atomic E-state index is 0.0588. The van der Waals surface area contributed by atoms with Gasteiger partial charge >= 0.3 is 0 Å². The number of hydrogen-bond acceptors (Lipinski definition) is 8. The Hall–Kier alpha value is -3.24. The number of amides is 1. The highest BCUT2D eigenvalue weighted by atomic mass is 19.1. The van der Waals surface area contributed by atoms with Gasteiger partial charge in [-0.2, -0.15) is 0 Å². The summed E-state index contributed by atoms with van der Waals surface area (Å²) in [7, 11) is 0. The molecule has 3 aliphatic rings. The average Bonchev–Trinajstić information content (AvgIpc) is 2.77. The van der Waals surface area contributed by atoms with Crippen molar-refractivity contribution < 1.29 is 39.2 Å². The predicted octanol–water partition coefficient (Wildman–Crippen LogP) is 1.05. The highest BCUT2D eigenvalue weighted by Crippen LogP contribution is 2.52. The third kappa shape index (κ3) is 3.32. The lowest BCUT2D eigenvalue weighted by Gasteiger charge is -2.46. The van der Waals surface area contributed by atoms with Crippen LogP contribution in [0.4, 0.5) is 4.39 Å². The smallest absolute Gasteiger partial charge is 0.255 e. The van der Waals surface area contributed by atoms with Crippen LogP contribution in [-0.4, -0.2) is 56.7 Å². The lowest BCUT2D eigenvalue weighted by molar-refractivity contribution is -0.147. The van der Waals surface area contributed by atoms with Gasteiger partial charge in [-0.25, -0.2) is 4.39 Å². The van der Waals surface area contributed by atoms with Crippen LogP contribution in [0.3, 0.4) is 0 Å². The van der Waals surface area contributed by atoms with Gasteiger partial charge in [-0.3, -0.25) is 14.4 Å². The maximum atomic E-state index is 13.5. The molecule has 0 spiro atoms. The van der Waals surface area contributed by atoms with Crippen LogP contribution in [0.2, 0.25) is 0 Å². The Labute approximate surface area is 194 Å².